The number of hydrogen-bond acceptors (Lipinski definition) is 4. The van der Waals surface area contributed by atoms with E-state index in [1.165, 1.54) is 53.7 Å². The normalized spacial score (nSPS) is 15.0. The van der Waals surface area contributed by atoms with E-state index in [0.717, 1.165) is 42.4 Å². The molecule has 2 aromatic heterocycles. The molecule has 1 saturated heterocycles. The van der Waals surface area contributed by atoms with E-state index in [-0.39, 0.29) is 0 Å². The molecule has 4 heteroatoms. The van der Waals surface area contributed by atoms with Crippen molar-refractivity contribution in [3.63, 3.8) is 0 Å². The third-order valence-corrected chi connectivity index (χ3v) is 6.40. The van der Waals surface area contributed by atoms with E-state index in [1.807, 2.05) is 6.07 Å². The third kappa shape index (κ3) is 4.07. The SMILES string of the molecule is CCCCc1oc2ccccc2c1-c1cc(OCCN2CCCC2)sc1C. The maximum Gasteiger partial charge on any atom is 0.174 e. The molecule has 0 unspecified atom stereocenters. The smallest absolute Gasteiger partial charge is 0.174 e. The number of hydrogen-bond donors (Lipinski definition) is 0. The lowest BCUT2D eigenvalue weighted by Crippen LogP contribution is -2.24. The molecule has 1 aliphatic heterocycles. The number of aryl methyl sites for hydroxylation is 2. The molecule has 144 valence electrons. The van der Waals surface area contributed by atoms with E-state index < -0.39 is 0 Å². The number of likely N-dealkylation sites (tertiary alicyclic amines) is 1. The molecule has 3 aromatic rings. The average molecular weight is 384 g/mol. The van der Waals surface area contributed by atoms with Crippen LogP contribution in [0.5, 0.6) is 5.06 Å². The number of benzene rings is 1. The number of nitrogens with zero attached hydrogens (tertiary/aromatic N) is 1. The van der Waals surface area contributed by atoms with Gasteiger partial charge in [-0.25, -0.2) is 0 Å². The van der Waals surface area contributed by atoms with Gasteiger partial charge in [-0.2, -0.15) is 0 Å². The lowest BCUT2D eigenvalue weighted by molar-refractivity contribution is 0.242. The van der Waals surface area contributed by atoms with Crippen LogP contribution in [0.25, 0.3) is 22.1 Å². The topological polar surface area (TPSA) is 25.6 Å². The van der Waals surface area contributed by atoms with Gasteiger partial charge in [-0.3, -0.25) is 4.90 Å². The summed E-state index contributed by atoms with van der Waals surface area (Å²) < 4.78 is 12.3. The molecule has 27 heavy (non-hydrogen) atoms. The van der Waals surface area contributed by atoms with E-state index >= 15 is 0 Å². The minimum Gasteiger partial charge on any atom is -0.483 e. The molecular formula is C23H29NO2S. The fourth-order valence-corrected chi connectivity index (χ4v) is 4.85. The van der Waals surface area contributed by atoms with Crippen molar-refractivity contribution in [3.8, 4) is 16.2 Å². The quantitative estimate of drug-likeness (QED) is 0.457. The average Bonchev–Trinajstić information content (AvgIpc) is 3.38. The summed E-state index contributed by atoms with van der Waals surface area (Å²) in [6, 6.07) is 10.6. The van der Waals surface area contributed by atoms with Crippen molar-refractivity contribution in [2.24, 2.45) is 0 Å². The van der Waals surface area contributed by atoms with Crippen LogP contribution in [0.15, 0.2) is 34.7 Å². The van der Waals surface area contributed by atoms with Gasteiger partial charge in [0.2, 0.25) is 0 Å². The highest BCUT2D eigenvalue weighted by atomic mass is 32.1. The van der Waals surface area contributed by atoms with Crippen molar-refractivity contribution >= 4 is 22.3 Å². The van der Waals surface area contributed by atoms with Crippen molar-refractivity contribution in [1.82, 2.24) is 4.90 Å². The first-order valence-electron chi connectivity index (χ1n) is 10.2. The molecule has 0 spiro atoms. The molecule has 0 radical (unpaired) electrons. The molecule has 0 amide bonds. The summed E-state index contributed by atoms with van der Waals surface area (Å²) in [5.74, 6) is 1.11. The highest BCUT2D eigenvalue weighted by Crippen LogP contribution is 2.42. The molecule has 0 bridgehead atoms. The van der Waals surface area contributed by atoms with Crippen molar-refractivity contribution < 1.29 is 9.15 Å². The molecular weight excluding hydrogens is 354 g/mol. The van der Waals surface area contributed by atoms with E-state index in [4.69, 9.17) is 9.15 Å². The highest BCUT2D eigenvalue weighted by molar-refractivity contribution is 7.14. The summed E-state index contributed by atoms with van der Waals surface area (Å²) in [5, 5.41) is 2.24. The van der Waals surface area contributed by atoms with Gasteiger partial charge in [0.15, 0.2) is 5.06 Å². The molecule has 1 aromatic carbocycles. The van der Waals surface area contributed by atoms with Crippen LogP contribution in [0.3, 0.4) is 0 Å². The number of ether oxygens (including phenoxy) is 1. The Kier molecular flexibility index (Phi) is 5.84. The summed E-state index contributed by atoms with van der Waals surface area (Å²) in [4.78, 5) is 3.80. The Hall–Kier alpha value is -1.78. The van der Waals surface area contributed by atoms with Gasteiger partial charge in [0.1, 0.15) is 18.0 Å². The van der Waals surface area contributed by atoms with Crippen LogP contribution in [0.4, 0.5) is 0 Å². The number of furan rings is 1. The summed E-state index contributed by atoms with van der Waals surface area (Å²) in [6.07, 6.45) is 5.97. The zero-order valence-corrected chi connectivity index (χ0v) is 17.2. The molecule has 0 aliphatic carbocycles. The molecule has 0 N–H and O–H groups in total. The monoisotopic (exact) mass is 383 g/mol. The van der Waals surface area contributed by atoms with Crippen LogP contribution in [0.1, 0.15) is 43.2 Å². The van der Waals surface area contributed by atoms with Crippen molar-refractivity contribution in [2.45, 2.75) is 46.0 Å². The molecule has 4 rings (SSSR count). The number of fused-ring (bicyclic) bond motifs is 1. The Morgan fingerprint density at radius 2 is 2.00 bits per heavy atom. The Labute approximate surface area is 165 Å². The van der Waals surface area contributed by atoms with Crippen LogP contribution in [-0.2, 0) is 6.42 Å². The molecule has 1 aliphatic rings. The summed E-state index contributed by atoms with van der Waals surface area (Å²) in [7, 11) is 0. The molecule has 3 heterocycles. The first kappa shape index (κ1) is 18.6. The number of thiophene rings is 1. The van der Waals surface area contributed by atoms with Crippen LogP contribution >= 0.6 is 11.3 Å². The minimum absolute atomic E-state index is 0.772. The van der Waals surface area contributed by atoms with Crippen molar-refractivity contribution in [2.75, 3.05) is 26.2 Å². The fraction of sp³-hybridized carbons (Fsp3) is 0.478. The Balaban J connectivity index is 1.58. The summed E-state index contributed by atoms with van der Waals surface area (Å²) in [6.45, 7) is 8.67. The maximum atomic E-state index is 6.23. The van der Waals surface area contributed by atoms with Gasteiger partial charge in [0.25, 0.3) is 0 Å². The second kappa shape index (κ2) is 8.49. The summed E-state index contributed by atoms with van der Waals surface area (Å²) in [5.41, 5.74) is 3.52. The second-order valence-electron chi connectivity index (χ2n) is 7.43. The van der Waals surface area contributed by atoms with Gasteiger partial charge in [0, 0.05) is 34.4 Å². The zero-order valence-electron chi connectivity index (χ0n) is 16.4. The van der Waals surface area contributed by atoms with E-state index in [0.29, 0.717) is 0 Å². The molecule has 3 nitrogen and oxygen atoms in total. The van der Waals surface area contributed by atoms with E-state index in [2.05, 4.69) is 43.0 Å². The Bertz CT molecular complexity index is 889. The van der Waals surface area contributed by atoms with Crippen molar-refractivity contribution in [1.29, 1.82) is 0 Å². The second-order valence-corrected chi connectivity index (χ2v) is 8.65. The minimum atomic E-state index is 0.772. The maximum absolute atomic E-state index is 6.23. The third-order valence-electron chi connectivity index (χ3n) is 5.44. The Morgan fingerprint density at radius 1 is 1.19 bits per heavy atom. The van der Waals surface area contributed by atoms with Gasteiger partial charge in [-0.1, -0.05) is 31.5 Å². The van der Waals surface area contributed by atoms with Crippen LogP contribution in [0.2, 0.25) is 0 Å². The molecule has 0 atom stereocenters. The highest BCUT2D eigenvalue weighted by Gasteiger charge is 2.19. The number of rotatable bonds is 8. The predicted octanol–water partition coefficient (Wildman–Crippen LogP) is 6.29. The predicted molar refractivity (Wildman–Crippen MR) is 114 cm³/mol. The first-order chi connectivity index (χ1) is 13.3. The standard InChI is InChI=1S/C23H29NO2S/c1-3-4-10-21-23(18-9-5-6-11-20(18)26-21)19-16-22(27-17(19)2)25-15-14-24-12-7-8-13-24/h5-6,9,11,16H,3-4,7-8,10,12-15H2,1-2H3. The lowest BCUT2D eigenvalue weighted by atomic mass is 10.0. The van der Waals surface area contributed by atoms with Crippen LogP contribution in [0, 0.1) is 6.92 Å². The van der Waals surface area contributed by atoms with Gasteiger partial charge in [-0.05, 0) is 51.4 Å². The summed E-state index contributed by atoms with van der Waals surface area (Å²) >= 11 is 1.75. The first-order valence-corrected chi connectivity index (χ1v) is 11.0. The fourth-order valence-electron chi connectivity index (χ4n) is 3.96. The van der Waals surface area contributed by atoms with Gasteiger partial charge in [-0.15, -0.1) is 11.3 Å². The number of para-hydroxylation sites is 1. The Morgan fingerprint density at radius 3 is 2.81 bits per heavy atom. The van der Waals surface area contributed by atoms with Crippen LogP contribution < -0.4 is 4.74 Å². The van der Waals surface area contributed by atoms with Gasteiger partial charge in [0.05, 0.1) is 0 Å². The van der Waals surface area contributed by atoms with Crippen LogP contribution in [-0.4, -0.2) is 31.1 Å². The molecule has 1 fully saturated rings. The van der Waals surface area contributed by atoms with Gasteiger partial charge < -0.3 is 9.15 Å². The zero-order chi connectivity index (χ0) is 18.6. The van der Waals surface area contributed by atoms with Crippen molar-refractivity contribution in [3.05, 3.63) is 41.0 Å². The van der Waals surface area contributed by atoms with Gasteiger partial charge >= 0.3 is 0 Å². The van der Waals surface area contributed by atoms with E-state index in [1.54, 1.807) is 11.3 Å². The lowest BCUT2D eigenvalue weighted by Gasteiger charge is -2.13. The molecule has 0 saturated carbocycles. The number of unbranched alkanes of at least 4 members (excludes halogenated alkanes) is 1. The largest absolute Gasteiger partial charge is 0.483 e. The van der Waals surface area contributed by atoms with E-state index in [9.17, 15) is 0 Å².